The fraction of sp³-hybridized carbons (Fsp3) is 0.150. The molecule has 28 heavy (non-hydrogen) atoms. The lowest BCUT2D eigenvalue weighted by Crippen LogP contribution is -2.36. The Morgan fingerprint density at radius 3 is 2.75 bits per heavy atom. The van der Waals surface area contributed by atoms with Crippen LogP contribution < -0.4 is 5.32 Å². The van der Waals surface area contributed by atoms with Crippen molar-refractivity contribution in [2.45, 2.75) is 6.54 Å². The molecule has 2 aliphatic rings. The summed E-state index contributed by atoms with van der Waals surface area (Å²) in [5.41, 5.74) is 1.86. The van der Waals surface area contributed by atoms with Gasteiger partial charge in [-0.25, -0.2) is 4.79 Å². The van der Waals surface area contributed by atoms with E-state index in [1.165, 1.54) is 6.26 Å². The molecule has 0 spiro atoms. The van der Waals surface area contributed by atoms with Gasteiger partial charge in [-0.05, 0) is 23.8 Å². The summed E-state index contributed by atoms with van der Waals surface area (Å²) >= 11 is 5.96. The minimum Gasteiger partial charge on any atom is -0.431 e. The minimum absolute atomic E-state index is 0.108. The van der Waals surface area contributed by atoms with Crippen molar-refractivity contribution < 1.29 is 14.3 Å². The molecule has 2 heterocycles. The number of hydrogen-bond donors (Lipinski definition) is 1. The molecule has 2 aromatic rings. The molecular formula is C20H17ClN4O3. The summed E-state index contributed by atoms with van der Waals surface area (Å²) in [4.78, 5) is 32.4. The maximum Gasteiger partial charge on any atom is 0.348 e. The molecule has 0 atom stereocenters. The molecule has 142 valence electrons. The molecule has 7 nitrogen and oxygen atoms in total. The Kier molecular flexibility index (Phi) is 4.99. The molecule has 0 saturated heterocycles. The van der Waals surface area contributed by atoms with Crippen molar-refractivity contribution in [1.29, 1.82) is 0 Å². The average molecular weight is 397 g/mol. The maximum absolute atomic E-state index is 12.6. The highest BCUT2D eigenvalue weighted by Crippen LogP contribution is 2.22. The Morgan fingerprint density at radius 1 is 1.14 bits per heavy atom. The number of amides is 3. The summed E-state index contributed by atoms with van der Waals surface area (Å²) in [7, 11) is 0. The van der Waals surface area contributed by atoms with Gasteiger partial charge in [-0.2, -0.15) is 0 Å². The van der Waals surface area contributed by atoms with E-state index >= 15 is 0 Å². The van der Waals surface area contributed by atoms with Crippen molar-refractivity contribution in [3.05, 3.63) is 77.1 Å². The van der Waals surface area contributed by atoms with Crippen molar-refractivity contribution in [3.63, 3.8) is 0 Å². The van der Waals surface area contributed by atoms with Crippen molar-refractivity contribution in [1.82, 2.24) is 9.80 Å². The van der Waals surface area contributed by atoms with Gasteiger partial charge in [0.05, 0.1) is 0 Å². The smallest absolute Gasteiger partial charge is 0.348 e. The van der Waals surface area contributed by atoms with Gasteiger partial charge in [0.1, 0.15) is 12.0 Å². The molecule has 3 amide bonds. The number of nitrogens with one attached hydrogen (secondary N) is 1. The summed E-state index contributed by atoms with van der Waals surface area (Å²) in [5, 5.41) is 3.30. The highest BCUT2D eigenvalue weighted by Gasteiger charge is 2.33. The molecule has 0 aliphatic carbocycles. The van der Waals surface area contributed by atoms with Crippen LogP contribution in [0.4, 0.5) is 10.5 Å². The monoisotopic (exact) mass is 396 g/mol. The number of urea groups is 1. The SMILES string of the molecule is O=C(Nc1cccc(Cl)c1)C1=COC2=NC(=O)N(Cc3ccccc3)CCN12. The van der Waals surface area contributed by atoms with Gasteiger partial charge >= 0.3 is 12.1 Å². The van der Waals surface area contributed by atoms with E-state index in [4.69, 9.17) is 16.3 Å². The van der Waals surface area contributed by atoms with E-state index in [0.717, 1.165) is 5.56 Å². The lowest BCUT2D eigenvalue weighted by atomic mass is 10.2. The Bertz CT molecular complexity index is 974. The first-order valence-corrected chi connectivity index (χ1v) is 9.11. The van der Waals surface area contributed by atoms with Crippen LogP contribution in [0.3, 0.4) is 0 Å². The van der Waals surface area contributed by atoms with E-state index in [1.54, 1.807) is 34.1 Å². The number of benzene rings is 2. The molecule has 1 N–H and O–H groups in total. The fourth-order valence-electron chi connectivity index (χ4n) is 3.00. The normalized spacial score (nSPS) is 16.0. The highest BCUT2D eigenvalue weighted by molar-refractivity contribution is 6.31. The van der Waals surface area contributed by atoms with E-state index in [0.29, 0.717) is 30.3 Å². The number of fused-ring (bicyclic) bond motifs is 1. The number of hydrogen-bond acceptors (Lipinski definition) is 4. The second-order valence-corrected chi connectivity index (χ2v) is 6.76. The Balaban J connectivity index is 1.46. The number of aliphatic imine (C=N–C) groups is 1. The average Bonchev–Trinajstić information content (AvgIpc) is 3.01. The van der Waals surface area contributed by atoms with Crippen LogP contribution in [0.1, 0.15) is 5.56 Å². The van der Waals surface area contributed by atoms with Crippen LogP contribution in [0.2, 0.25) is 5.02 Å². The van der Waals surface area contributed by atoms with Gasteiger partial charge in [-0.1, -0.05) is 48.0 Å². The van der Waals surface area contributed by atoms with Crippen molar-refractivity contribution in [2.75, 3.05) is 18.4 Å². The zero-order valence-corrected chi connectivity index (χ0v) is 15.6. The molecule has 8 heteroatoms. The van der Waals surface area contributed by atoms with E-state index in [2.05, 4.69) is 10.3 Å². The lowest BCUT2D eigenvalue weighted by Gasteiger charge is -2.21. The number of ether oxygens (including phenoxy) is 1. The standard InChI is InChI=1S/C20H17ClN4O3/c21-15-7-4-8-16(11-15)22-18(26)17-13-28-20-23-19(27)24(9-10-25(17)20)12-14-5-2-1-3-6-14/h1-8,11,13H,9-10,12H2,(H,22,26). The molecule has 2 aromatic carbocycles. The number of nitrogens with zero attached hydrogens (tertiary/aromatic N) is 3. The summed E-state index contributed by atoms with van der Waals surface area (Å²) in [5.74, 6) is -0.364. The predicted molar refractivity (Wildman–Crippen MR) is 106 cm³/mol. The molecule has 0 unspecified atom stereocenters. The first-order valence-electron chi connectivity index (χ1n) is 8.73. The number of amidine groups is 1. The summed E-state index contributed by atoms with van der Waals surface area (Å²) in [6.45, 7) is 1.25. The first-order chi connectivity index (χ1) is 13.6. The van der Waals surface area contributed by atoms with Crippen LogP contribution >= 0.6 is 11.6 Å². The molecule has 0 bridgehead atoms. The molecular weight excluding hydrogens is 380 g/mol. The Hall–Kier alpha value is -3.32. The van der Waals surface area contributed by atoms with Gasteiger partial charge in [0.15, 0.2) is 0 Å². The van der Waals surface area contributed by atoms with E-state index in [9.17, 15) is 9.59 Å². The van der Waals surface area contributed by atoms with Gasteiger partial charge in [-0.15, -0.1) is 4.99 Å². The van der Waals surface area contributed by atoms with Crippen LogP contribution in [-0.4, -0.2) is 40.8 Å². The summed E-state index contributed by atoms with van der Waals surface area (Å²) in [6, 6.07) is 16.2. The van der Waals surface area contributed by atoms with Gasteiger partial charge in [0.25, 0.3) is 5.91 Å². The summed E-state index contributed by atoms with van der Waals surface area (Å²) < 4.78 is 5.38. The van der Waals surface area contributed by atoms with Gasteiger partial charge < -0.3 is 15.0 Å². The number of halogens is 1. The predicted octanol–water partition coefficient (Wildman–Crippen LogP) is 3.44. The topological polar surface area (TPSA) is 74.2 Å². The minimum atomic E-state index is -0.397. The van der Waals surface area contributed by atoms with E-state index in [1.807, 2.05) is 30.3 Å². The highest BCUT2D eigenvalue weighted by atomic mass is 35.5. The van der Waals surface area contributed by atoms with Crippen LogP contribution in [0, 0.1) is 0 Å². The van der Waals surface area contributed by atoms with Crippen LogP contribution in [0.15, 0.2) is 71.5 Å². The van der Waals surface area contributed by atoms with Crippen molar-refractivity contribution in [2.24, 2.45) is 4.99 Å². The first kappa shape index (κ1) is 18.1. The number of carbonyl (C=O) groups is 2. The largest absolute Gasteiger partial charge is 0.431 e. The van der Waals surface area contributed by atoms with Gasteiger partial charge in [-0.3, -0.25) is 9.69 Å². The third-order valence-electron chi connectivity index (χ3n) is 4.38. The van der Waals surface area contributed by atoms with Crippen molar-refractivity contribution in [3.8, 4) is 0 Å². The van der Waals surface area contributed by atoms with E-state index in [-0.39, 0.29) is 17.6 Å². The third kappa shape index (κ3) is 3.84. The summed E-state index contributed by atoms with van der Waals surface area (Å²) in [6.07, 6.45) is 1.30. The van der Waals surface area contributed by atoms with Gasteiger partial charge in [0, 0.05) is 30.3 Å². The van der Waals surface area contributed by atoms with Crippen LogP contribution in [-0.2, 0) is 16.1 Å². The Morgan fingerprint density at radius 2 is 1.96 bits per heavy atom. The molecule has 0 fully saturated rings. The molecule has 0 saturated carbocycles. The lowest BCUT2D eigenvalue weighted by molar-refractivity contribution is -0.113. The van der Waals surface area contributed by atoms with Crippen LogP contribution in [0.5, 0.6) is 0 Å². The molecule has 0 aromatic heterocycles. The Labute approximate surface area is 166 Å². The molecule has 0 radical (unpaired) electrons. The number of rotatable bonds is 4. The second-order valence-electron chi connectivity index (χ2n) is 6.32. The van der Waals surface area contributed by atoms with Gasteiger partial charge in [0.2, 0.25) is 0 Å². The quantitative estimate of drug-likeness (QED) is 0.859. The zero-order chi connectivity index (χ0) is 19.5. The second kappa shape index (κ2) is 7.74. The number of anilines is 1. The molecule has 2 aliphatic heterocycles. The van der Waals surface area contributed by atoms with Crippen molar-refractivity contribution >= 4 is 35.2 Å². The third-order valence-corrected chi connectivity index (χ3v) is 4.62. The number of carbonyl (C=O) groups excluding carboxylic acids is 2. The van der Waals surface area contributed by atoms with E-state index < -0.39 is 6.03 Å². The fourth-order valence-corrected chi connectivity index (χ4v) is 3.19. The molecule has 4 rings (SSSR count). The maximum atomic E-state index is 12.6. The zero-order valence-electron chi connectivity index (χ0n) is 14.8. The van der Waals surface area contributed by atoms with Crippen LogP contribution in [0.25, 0.3) is 0 Å².